The number of alkyl halides is 3. The van der Waals surface area contributed by atoms with E-state index in [9.17, 15) is 13.2 Å². The van der Waals surface area contributed by atoms with Gasteiger partial charge < -0.3 is 0 Å². The van der Waals surface area contributed by atoms with Gasteiger partial charge in [-0.15, -0.1) is 16.4 Å². The smallest absolute Gasteiger partial charge is 0.269 e. The minimum Gasteiger partial charge on any atom is -0.269 e. The number of halogens is 3. The Hall–Kier alpha value is -3.08. The van der Waals surface area contributed by atoms with Crippen LogP contribution in [0.15, 0.2) is 18.5 Å². The van der Waals surface area contributed by atoms with Crippen LogP contribution in [0.3, 0.4) is 0 Å². The van der Waals surface area contributed by atoms with Crippen molar-refractivity contribution in [3.8, 4) is 0 Å². The Morgan fingerprint density at radius 1 is 1.07 bits per heavy atom. The Labute approximate surface area is 172 Å². The molecule has 154 valence electrons. The van der Waals surface area contributed by atoms with Gasteiger partial charge in [-0.25, -0.2) is 19.5 Å². The van der Waals surface area contributed by atoms with Gasteiger partial charge in [-0.2, -0.15) is 18.3 Å². The first-order chi connectivity index (χ1) is 14.2. The molecule has 5 heterocycles. The molecule has 0 saturated carbocycles. The van der Waals surface area contributed by atoms with Gasteiger partial charge in [-0.1, -0.05) is 0 Å². The van der Waals surface area contributed by atoms with Crippen LogP contribution in [0.4, 0.5) is 13.2 Å². The first kappa shape index (κ1) is 18.9. The van der Waals surface area contributed by atoms with E-state index in [0.29, 0.717) is 50.4 Å². The second-order valence-electron chi connectivity index (χ2n) is 7.22. The third-order valence-corrected chi connectivity index (χ3v) is 6.02. The average Bonchev–Trinajstić information content (AvgIpc) is 3.32. The largest absolute Gasteiger partial charge is 0.433 e. The van der Waals surface area contributed by atoms with Crippen LogP contribution in [-0.4, -0.2) is 34.3 Å². The average molecular weight is 431 g/mol. The molecule has 0 aliphatic rings. The molecule has 11 heteroatoms. The van der Waals surface area contributed by atoms with Crippen molar-refractivity contribution in [1.82, 2.24) is 34.3 Å². The number of hydrogen-bond donors (Lipinski definition) is 0. The van der Waals surface area contributed by atoms with Crippen LogP contribution < -0.4 is 0 Å². The molecule has 0 spiro atoms. The molecule has 0 aromatic carbocycles. The summed E-state index contributed by atoms with van der Waals surface area (Å²) in [5, 5.41) is 9.53. The number of hydrogen-bond acceptors (Lipinski definition) is 6. The van der Waals surface area contributed by atoms with E-state index in [0.717, 1.165) is 28.8 Å². The number of nitrogens with zero attached hydrogens (tertiary/aromatic N) is 7. The normalized spacial score (nSPS) is 12.6. The van der Waals surface area contributed by atoms with Crippen molar-refractivity contribution < 1.29 is 13.2 Å². The fraction of sp³-hybridized carbons (Fsp3) is 0.316. The SMILES string of the molecule is Cc1cc(C)n(CCc2nc3c4sc5nc(C(F)(F)F)cc(C)c5c4ncn3n2)n1. The van der Waals surface area contributed by atoms with Crippen molar-refractivity contribution in [2.75, 3.05) is 0 Å². The number of pyridine rings is 1. The van der Waals surface area contributed by atoms with E-state index in [1.165, 1.54) is 0 Å². The van der Waals surface area contributed by atoms with Gasteiger partial charge in [0, 0.05) is 24.0 Å². The third kappa shape index (κ3) is 3.00. The second kappa shape index (κ2) is 6.46. The first-order valence-electron chi connectivity index (χ1n) is 9.23. The molecule has 0 radical (unpaired) electrons. The highest BCUT2D eigenvalue weighted by molar-refractivity contribution is 7.26. The monoisotopic (exact) mass is 431 g/mol. The molecule has 0 N–H and O–H groups in total. The van der Waals surface area contributed by atoms with E-state index in [1.807, 2.05) is 24.6 Å². The quantitative estimate of drug-likeness (QED) is 0.427. The molecule has 0 atom stereocenters. The van der Waals surface area contributed by atoms with Crippen LogP contribution in [0.1, 0.15) is 28.5 Å². The molecule has 30 heavy (non-hydrogen) atoms. The van der Waals surface area contributed by atoms with E-state index < -0.39 is 11.9 Å². The molecule has 0 unspecified atom stereocenters. The summed E-state index contributed by atoms with van der Waals surface area (Å²) in [7, 11) is 0. The molecule has 0 fully saturated rings. The molecule has 0 saturated heterocycles. The molecule has 5 rings (SSSR count). The van der Waals surface area contributed by atoms with Crippen LogP contribution in [0.5, 0.6) is 0 Å². The Bertz CT molecular complexity index is 1430. The summed E-state index contributed by atoms with van der Waals surface area (Å²) < 4.78 is 43.6. The van der Waals surface area contributed by atoms with E-state index in [1.54, 1.807) is 17.8 Å². The summed E-state index contributed by atoms with van der Waals surface area (Å²) in [6, 6.07) is 3.07. The molecule has 0 aliphatic carbocycles. The summed E-state index contributed by atoms with van der Waals surface area (Å²) in [6.07, 6.45) is -2.38. The van der Waals surface area contributed by atoms with E-state index >= 15 is 0 Å². The zero-order valence-electron chi connectivity index (χ0n) is 16.3. The first-order valence-corrected chi connectivity index (χ1v) is 10.0. The predicted octanol–water partition coefficient (Wildman–Crippen LogP) is 4.27. The van der Waals surface area contributed by atoms with Gasteiger partial charge in [0.25, 0.3) is 0 Å². The number of aromatic nitrogens is 7. The lowest BCUT2D eigenvalue weighted by atomic mass is 10.1. The van der Waals surface area contributed by atoms with E-state index in [4.69, 9.17) is 0 Å². The standard InChI is InChI=1S/C19H16F3N7S/c1-9-6-12(19(20,21)22)24-18-14(9)15-16(30-18)17-25-13(27-29(17)8-23-15)4-5-28-11(3)7-10(2)26-28/h6-8H,4-5H2,1-3H3. The van der Waals surface area contributed by atoms with Gasteiger partial charge >= 0.3 is 6.18 Å². The van der Waals surface area contributed by atoms with Gasteiger partial charge in [0.15, 0.2) is 11.5 Å². The van der Waals surface area contributed by atoms with Crippen LogP contribution in [-0.2, 0) is 19.1 Å². The molecule has 0 amide bonds. The summed E-state index contributed by atoms with van der Waals surface area (Å²) in [6.45, 7) is 6.21. The van der Waals surface area contributed by atoms with Crippen molar-refractivity contribution in [1.29, 1.82) is 0 Å². The topological polar surface area (TPSA) is 73.8 Å². The lowest BCUT2D eigenvalue weighted by Crippen LogP contribution is -2.07. The lowest BCUT2D eigenvalue weighted by molar-refractivity contribution is -0.141. The highest BCUT2D eigenvalue weighted by Gasteiger charge is 2.33. The highest BCUT2D eigenvalue weighted by atomic mass is 32.1. The van der Waals surface area contributed by atoms with Gasteiger partial charge in [0.05, 0.1) is 11.2 Å². The highest BCUT2D eigenvalue weighted by Crippen LogP contribution is 2.38. The molecule has 0 bridgehead atoms. The Morgan fingerprint density at radius 3 is 2.57 bits per heavy atom. The molecule has 5 aromatic heterocycles. The van der Waals surface area contributed by atoms with Crippen LogP contribution in [0.2, 0.25) is 0 Å². The minimum absolute atomic E-state index is 0.296. The zero-order chi connectivity index (χ0) is 21.2. The molecule has 0 aliphatic heterocycles. The summed E-state index contributed by atoms with van der Waals surface area (Å²) >= 11 is 1.15. The summed E-state index contributed by atoms with van der Waals surface area (Å²) in [4.78, 5) is 13.2. The maximum Gasteiger partial charge on any atom is 0.433 e. The lowest BCUT2D eigenvalue weighted by Gasteiger charge is -2.06. The number of aryl methyl sites for hydroxylation is 5. The summed E-state index contributed by atoms with van der Waals surface area (Å²) in [5.41, 5.74) is 2.76. The van der Waals surface area contributed by atoms with Crippen molar-refractivity contribution in [2.24, 2.45) is 0 Å². The van der Waals surface area contributed by atoms with Crippen LogP contribution in [0.25, 0.3) is 26.1 Å². The molecule has 7 nitrogen and oxygen atoms in total. The zero-order valence-corrected chi connectivity index (χ0v) is 17.1. The van der Waals surface area contributed by atoms with Crippen LogP contribution in [0, 0.1) is 20.8 Å². The van der Waals surface area contributed by atoms with Crippen LogP contribution >= 0.6 is 11.3 Å². The maximum atomic E-state index is 13.2. The number of rotatable bonds is 3. The minimum atomic E-state index is -4.50. The van der Waals surface area contributed by atoms with Gasteiger partial charge in [0.1, 0.15) is 21.6 Å². The second-order valence-corrected chi connectivity index (χ2v) is 8.22. The molecular weight excluding hydrogens is 415 g/mol. The Kier molecular flexibility index (Phi) is 4.07. The maximum absolute atomic E-state index is 13.2. The summed E-state index contributed by atoms with van der Waals surface area (Å²) in [5.74, 6) is 0.620. The van der Waals surface area contributed by atoms with Gasteiger partial charge in [-0.3, -0.25) is 4.68 Å². The van der Waals surface area contributed by atoms with Crippen molar-refractivity contribution >= 4 is 37.4 Å². The number of fused-ring (bicyclic) bond motifs is 5. The fourth-order valence-electron chi connectivity index (χ4n) is 3.61. The Morgan fingerprint density at radius 2 is 1.87 bits per heavy atom. The Balaban J connectivity index is 1.59. The van der Waals surface area contributed by atoms with Crippen molar-refractivity contribution in [3.63, 3.8) is 0 Å². The predicted molar refractivity (Wildman–Crippen MR) is 107 cm³/mol. The number of thiophene rings is 1. The van der Waals surface area contributed by atoms with E-state index in [2.05, 4.69) is 25.1 Å². The van der Waals surface area contributed by atoms with Gasteiger partial charge in [-0.05, 0) is 38.5 Å². The van der Waals surface area contributed by atoms with Crippen molar-refractivity contribution in [2.45, 2.75) is 39.9 Å². The van der Waals surface area contributed by atoms with Gasteiger partial charge in [0.2, 0.25) is 0 Å². The van der Waals surface area contributed by atoms with Crippen molar-refractivity contribution in [3.05, 3.63) is 46.9 Å². The van der Waals surface area contributed by atoms with E-state index in [-0.39, 0.29) is 0 Å². The third-order valence-electron chi connectivity index (χ3n) is 4.95. The fourth-order valence-corrected chi connectivity index (χ4v) is 4.79. The molecular formula is C19H16F3N7S. The molecule has 5 aromatic rings.